The summed E-state index contributed by atoms with van der Waals surface area (Å²) in [5.41, 5.74) is 2.87. The van der Waals surface area contributed by atoms with Crippen molar-refractivity contribution in [3.05, 3.63) is 47.0 Å². The summed E-state index contributed by atoms with van der Waals surface area (Å²) in [5.74, 6) is -1.48. The maximum absolute atomic E-state index is 13.2. The van der Waals surface area contributed by atoms with Gasteiger partial charge in [-0.15, -0.1) is 0 Å². The summed E-state index contributed by atoms with van der Waals surface area (Å²) in [6.45, 7) is 5.23. The van der Waals surface area contributed by atoms with Crippen molar-refractivity contribution in [1.29, 1.82) is 0 Å². The smallest absolute Gasteiger partial charge is 0.306 e. The number of thioether (sulfide) groups is 1. The molecule has 0 aliphatic rings. The molecule has 2 aromatic rings. The number of nitrogens with one attached hydrogen (secondary N) is 1. The molecule has 0 bridgehead atoms. The molecule has 144 valence electrons. The molecule has 0 radical (unpaired) electrons. The number of rotatable bonds is 7. The van der Waals surface area contributed by atoms with E-state index in [1.807, 2.05) is 20.1 Å². The topological polar surface area (TPSA) is 81.2 Å². The second-order valence-electron chi connectivity index (χ2n) is 5.99. The van der Waals surface area contributed by atoms with Crippen LogP contribution >= 0.6 is 11.8 Å². The van der Waals surface area contributed by atoms with Gasteiger partial charge >= 0.3 is 5.97 Å². The number of halogens is 1. The maximum atomic E-state index is 13.2. The standard InChI is InChI=1S/C19H22FN3O3S/c1-11-16(12(2)22-19(21-11)27-4)8-9-17(24)26-13(3)18(25)23-15-7-5-6-14(20)10-15/h5-7,10,13H,8-9H2,1-4H3,(H,23,25)/t13-/m1/s1. The first-order valence-corrected chi connectivity index (χ1v) is 9.66. The molecule has 0 saturated heterocycles. The Balaban J connectivity index is 1.89. The summed E-state index contributed by atoms with van der Waals surface area (Å²) in [6, 6.07) is 5.50. The zero-order valence-corrected chi connectivity index (χ0v) is 16.5. The van der Waals surface area contributed by atoms with Crippen LogP contribution in [0.15, 0.2) is 29.4 Å². The van der Waals surface area contributed by atoms with Crippen molar-refractivity contribution in [1.82, 2.24) is 9.97 Å². The first kappa shape index (κ1) is 20.8. The predicted molar refractivity (Wildman–Crippen MR) is 102 cm³/mol. The molecule has 0 unspecified atom stereocenters. The Bertz CT molecular complexity index is 822. The lowest BCUT2D eigenvalue weighted by Crippen LogP contribution is -2.30. The highest BCUT2D eigenvalue weighted by Crippen LogP contribution is 2.17. The molecule has 2 rings (SSSR count). The number of hydrogen-bond acceptors (Lipinski definition) is 6. The van der Waals surface area contributed by atoms with Gasteiger partial charge in [-0.05, 0) is 57.2 Å². The number of aromatic nitrogens is 2. The Morgan fingerprint density at radius 2 is 1.93 bits per heavy atom. The first-order chi connectivity index (χ1) is 12.8. The fourth-order valence-electron chi connectivity index (χ4n) is 2.51. The van der Waals surface area contributed by atoms with Gasteiger partial charge in [-0.1, -0.05) is 17.8 Å². The highest BCUT2D eigenvalue weighted by molar-refractivity contribution is 7.98. The van der Waals surface area contributed by atoms with Crippen LogP contribution < -0.4 is 5.32 Å². The summed E-state index contributed by atoms with van der Waals surface area (Å²) in [5, 5.41) is 3.21. The lowest BCUT2D eigenvalue weighted by Gasteiger charge is -2.14. The molecule has 27 heavy (non-hydrogen) atoms. The van der Waals surface area contributed by atoms with Gasteiger partial charge in [0.2, 0.25) is 0 Å². The molecular weight excluding hydrogens is 369 g/mol. The minimum atomic E-state index is -0.988. The minimum absolute atomic E-state index is 0.112. The van der Waals surface area contributed by atoms with Gasteiger partial charge in [0, 0.05) is 23.5 Å². The summed E-state index contributed by atoms with van der Waals surface area (Å²) < 4.78 is 18.3. The van der Waals surface area contributed by atoms with Crippen LogP contribution in [0.4, 0.5) is 10.1 Å². The summed E-state index contributed by atoms with van der Waals surface area (Å²) in [6.07, 6.45) is 1.46. The van der Waals surface area contributed by atoms with Crippen LogP contribution in [0, 0.1) is 19.7 Å². The Kier molecular flexibility index (Phi) is 7.29. The largest absolute Gasteiger partial charge is 0.453 e. The molecule has 0 saturated carbocycles. The van der Waals surface area contributed by atoms with E-state index in [1.54, 1.807) is 6.07 Å². The number of amides is 1. The van der Waals surface area contributed by atoms with Gasteiger partial charge in [0.05, 0.1) is 0 Å². The second kappa shape index (κ2) is 9.45. The van der Waals surface area contributed by atoms with E-state index in [0.717, 1.165) is 17.0 Å². The third-order valence-electron chi connectivity index (χ3n) is 3.93. The molecule has 1 amide bonds. The van der Waals surface area contributed by atoms with Crippen LogP contribution in [-0.2, 0) is 20.7 Å². The number of benzene rings is 1. The highest BCUT2D eigenvalue weighted by atomic mass is 32.2. The van der Waals surface area contributed by atoms with E-state index in [4.69, 9.17) is 4.74 Å². The van der Waals surface area contributed by atoms with E-state index in [1.165, 1.54) is 36.9 Å². The molecule has 0 spiro atoms. The van der Waals surface area contributed by atoms with Crippen LogP contribution in [0.5, 0.6) is 0 Å². The van der Waals surface area contributed by atoms with E-state index in [2.05, 4.69) is 15.3 Å². The van der Waals surface area contributed by atoms with Crippen molar-refractivity contribution in [2.24, 2.45) is 0 Å². The number of nitrogens with zero attached hydrogens (tertiary/aromatic N) is 2. The SMILES string of the molecule is CSc1nc(C)c(CCC(=O)O[C@H](C)C(=O)Nc2cccc(F)c2)c(C)n1. The normalized spacial score (nSPS) is 11.7. The average Bonchev–Trinajstić information content (AvgIpc) is 2.60. The minimum Gasteiger partial charge on any atom is -0.453 e. The van der Waals surface area contributed by atoms with Crippen molar-refractivity contribution >= 4 is 29.3 Å². The lowest BCUT2D eigenvalue weighted by molar-refractivity contribution is -0.153. The van der Waals surface area contributed by atoms with E-state index < -0.39 is 23.8 Å². The molecule has 0 aliphatic carbocycles. The van der Waals surface area contributed by atoms with Gasteiger partial charge in [0.15, 0.2) is 11.3 Å². The van der Waals surface area contributed by atoms with Gasteiger partial charge in [-0.3, -0.25) is 9.59 Å². The van der Waals surface area contributed by atoms with E-state index in [-0.39, 0.29) is 6.42 Å². The number of hydrogen-bond donors (Lipinski definition) is 1. The van der Waals surface area contributed by atoms with Crippen molar-refractivity contribution in [3.63, 3.8) is 0 Å². The van der Waals surface area contributed by atoms with E-state index >= 15 is 0 Å². The number of esters is 1. The van der Waals surface area contributed by atoms with Gasteiger partial charge in [-0.2, -0.15) is 0 Å². The molecule has 8 heteroatoms. The Labute approximate surface area is 161 Å². The molecule has 1 heterocycles. The fourth-order valence-corrected chi connectivity index (χ4v) is 2.97. The van der Waals surface area contributed by atoms with E-state index in [9.17, 15) is 14.0 Å². The second-order valence-corrected chi connectivity index (χ2v) is 6.76. The number of aryl methyl sites for hydroxylation is 2. The van der Waals surface area contributed by atoms with Gasteiger partial charge in [0.25, 0.3) is 5.91 Å². The van der Waals surface area contributed by atoms with E-state index in [0.29, 0.717) is 17.3 Å². The fraction of sp³-hybridized carbons (Fsp3) is 0.368. The molecule has 1 atom stereocenters. The molecule has 0 aliphatic heterocycles. The van der Waals surface area contributed by atoms with Crippen LogP contribution in [-0.4, -0.2) is 34.2 Å². The van der Waals surface area contributed by atoms with Gasteiger partial charge < -0.3 is 10.1 Å². The molecule has 0 fully saturated rings. The zero-order valence-electron chi connectivity index (χ0n) is 15.7. The van der Waals surface area contributed by atoms with Gasteiger partial charge in [-0.25, -0.2) is 14.4 Å². The third kappa shape index (κ3) is 6.02. The summed E-state index contributed by atoms with van der Waals surface area (Å²) in [4.78, 5) is 32.9. The average molecular weight is 391 g/mol. The van der Waals surface area contributed by atoms with Crippen LogP contribution in [0.1, 0.15) is 30.3 Å². The van der Waals surface area contributed by atoms with Crippen molar-refractivity contribution in [2.45, 2.75) is 44.9 Å². The van der Waals surface area contributed by atoms with Crippen molar-refractivity contribution < 1.29 is 18.7 Å². The number of anilines is 1. The Morgan fingerprint density at radius 1 is 1.26 bits per heavy atom. The number of ether oxygens (including phenoxy) is 1. The highest BCUT2D eigenvalue weighted by Gasteiger charge is 2.19. The molecule has 1 N–H and O–H groups in total. The van der Waals surface area contributed by atoms with Crippen LogP contribution in [0.25, 0.3) is 0 Å². The lowest BCUT2D eigenvalue weighted by atomic mass is 10.1. The Morgan fingerprint density at radius 3 is 2.52 bits per heavy atom. The summed E-state index contributed by atoms with van der Waals surface area (Å²) >= 11 is 1.46. The monoisotopic (exact) mass is 391 g/mol. The Hall–Kier alpha value is -2.48. The zero-order chi connectivity index (χ0) is 20.0. The first-order valence-electron chi connectivity index (χ1n) is 8.44. The van der Waals surface area contributed by atoms with Crippen LogP contribution in [0.2, 0.25) is 0 Å². The number of carbonyl (C=O) groups excluding carboxylic acids is 2. The van der Waals surface area contributed by atoms with Crippen molar-refractivity contribution in [3.8, 4) is 0 Å². The van der Waals surface area contributed by atoms with Crippen LogP contribution in [0.3, 0.4) is 0 Å². The maximum Gasteiger partial charge on any atom is 0.306 e. The summed E-state index contributed by atoms with van der Waals surface area (Å²) in [7, 11) is 0. The molecule has 1 aromatic carbocycles. The van der Waals surface area contributed by atoms with Crippen molar-refractivity contribution in [2.75, 3.05) is 11.6 Å². The quantitative estimate of drug-likeness (QED) is 0.442. The predicted octanol–water partition coefficient (Wildman–Crippen LogP) is 3.46. The molecular formula is C19H22FN3O3S. The molecule has 6 nitrogen and oxygen atoms in total. The van der Waals surface area contributed by atoms with Gasteiger partial charge in [0.1, 0.15) is 5.82 Å². The third-order valence-corrected chi connectivity index (χ3v) is 4.48. The molecule has 1 aromatic heterocycles. The number of carbonyl (C=O) groups is 2.